The molecule has 3 aromatic heterocycles. The zero-order valence-corrected chi connectivity index (χ0v) is 14.1. The molecule has 0 unspecified atom stereocenters. The Balaban J connectivity index is 1.70. The molecular formula is C18H21FN6. The van der Waals surface area contributed by atoms with E-state index in [1.807, 2.05) is 6.07 Å². The van der Waals surface area contributed by atoms with Crippen LogP contribution in [0.2, 0.25) is 0 Å². The van der Waals surface area contributed by atoms with E-state index in [9.17, 15) is 4.39 Å². The number of nitrogens with one attached hydrogen (secondary N) is 1. The van der Waals surface area contributed by atoms with Crippen LogP contribution in [-0.4, -0.2) is 39.3 Å². The van der Waals surface area contributed by atoms with Crippen molar-refractivity contribution in [3.63, 3.8) is 0 Å². The second-order valence-electron chi connectivity index (χ2n) is 6.59. The molecule has 0 amide bonds. The lowest BCUT2D eigenvalue weighted by Gasteiger charge is -2.18. The number of hydrogen-bond donors (Lipinski definition) is 2. The van der Waals surface area contributed by atoms with Gasteiger partial charge in [0.1, 0.15) is 17.2 Å². The minimum Gasteiger partial charge on any atom is -0.355 e. The Morgan fingerprint density at radius 2 is 2.16 bits per heavy atom. The number of pyridine rings is 2. The third kappa shape index (κ3) is 2.84. The average molecular weight is 340 g/mol. The van der Waals surface area contributed by atoms with Gasteiger partial charge in [0.25, 0.3) is 0 Å². The van der Waals surface area contributed by atoms with Crippen LogP contribution in [0.4, 0.5) is 10.2 Å². The number of rotatable bonds is 4. The number of aromatic amines is 1. The first kappa shape index (κ1) is 16.0. The molecule has 1 aliphatic rings. The molecule has 3 N–H and O–H groups in total. The SMILES string of the molecule is CCC[C@@H]1CN(c2ccc(F)c(-c3n[nH]c4ncccc34)n2)C[C@H]1N. The van der Waals surface area contributed by atoms with Gasteiger partial charge in [0.2, 0.25) is 0 Å². The van der Waals surface area contributed by atoms with E-state index in [4.69, 9.17) is 5.73 Å². The molecule has 0 radical (unpaired) electrons. The largest absolute Gasteiger partial charge is 0.355 e. The second kappa shape index (κ2) is 6.40. The number of nitrogens with zero attached hydrogens (tertiary/aromatic N) is 4. The molecular weight excluding hydrogens is 319 g/mol. The zero-order valence-electron chi connectivity index (χ0n) is 14.1. The Morgan fingerprint density at radius 3 is 3.00 bits per heavy atom. The van der Waals surface area contributed by atoms with Crippen molar-refractivity contribution in [1.29, 1.82) is 0 Å². The number of anilines is 1. The summed E-state index contributed by atoms with van der Waals surface area (Å²) in [7, 11) is 0. The monoisotopic (exact) mass is 340 g/mol. The first-order valence-corrected chi connectivity index (χ1v) is 8.64. The fraction of sp³-hybridized carbons (Fsp3) is 0.389. The molecule has 0 spiro atoms. The number of halogens is 1. The Labute approximate surface area is 145 Å². The van der Waals surface area contributed by atoms with E-state index < -0.39 is 5.82 Å². The van der Waals surface area contributed by atoms with Crippen molar-refractivity contribution in [2.24, 2.45) is 11.7 Å². The molecule has 0 saturated carbocycles. The summed E-state index contributed by atoms with van der Waals surface area (Å²) < 4.78 is 14.4. The quantitative estimate of drug-likeness (QED) is 0.763. The third-order valence-corrected chi connectivity index (χ3v) is 4.87. The van der Waals surface area contributed by atoms with Crippen molar-refractivity contribution in [3.8, 4) is 11.4 Å². The predicted octanol–water partition coefficient (Wildman–Crippen LogP) is 2.72. The Hall–Kier alpha value is -2.54. The predicted molar refractivity (Wildman–Crippen MR) is 95.7 cm³/mol. The molecule has 1 fully saturated rings. The lowest BCUT2D eigenvalue weighted by Crippen LogP contribution is -2.29. The fourth-order valence-electron chi connectivity index (χ4n) is 3.57. The Bertz CT molecular complexity index is 892. The van der Waals surface area contributed by atoms with Crippen LogP contribution < -0.4 is 10.6 Å². The second-order valence-corrected chi connectivity index (χ2v) is 6.59. The van der Waals surface area contributed by atoms with Crippen LogP contribution in [0.3, 0.4) is 0 Å². The van der Waals surface area contributed by atoms with Crippen molar-refractivity contribution in [3.05, 3.63) is 36.3 Å². The van der Waals surface area contributed by atoms with Gasteiger partial charge < -0.3 is 10.6 Å². The van der Waals surface area contributed by atoms with Gasteiger partial charge in [0.15, 0.2) is 11.5 Å². The molecule has 3 aromatic rings. The minimum atomic E-state index is -0.394. The maximum Gasteiger partial charge on any atom is 0.155 e. The van der Waals surface area contributed by atoms with Crippen LogP contribution in [0.15, 0.2) is 30.5 Å². The molecule has 4 heterocycles. The molecule has 130 valence electrons. The van der Waals surface area contributed by atoms with Gasteiger partial charge in [-0.15, -0.1) is 0 Å². The highest BCUT2D eigenvalue weighted by molar-refractivity contribution is 5.89. The van der Waals surface area contributed by atoms with Crippen LogP contribution in [0.25, 0.3) is 22.4 Å². The average Bonchev–Trinajstić information content (AvgIpc) is 3.20. The number of H-pyrrole nitrogens is 1. The third-order valence-electron chi connectivity index (χ3n) is 4.87. The van der Waals surface area contributed by atoms with E-state index in [2.05, 4.69) is 32.0 Å². The summed E-state index contributed by atoms with van der Waals surface area (Å²) in [6.45, 7) is 3.77. The van der Waals surface area contributed by atoms with Gasteiger partial charge in [-0.3, -0.25) is 5.10 Å². The molecule has 0 bridgehead atoms. The van der Waals surface area contributed by atoms with Gasteiger partial charge in [-0.05, 0) is 36.6 Å². The van der Waals surface area contributed by atoms with E-state index in [0.717, 1.165) is 37.1 Å². The van der Waals surface area contributed by atoms with E-state index in [-0.39, 0.29) is 11.7 Å². The molecule has 6 nitrogen and oxygen atoms in total. The van der Waals surface area contributed by atoms with Crippen molar-refractivity contribution >= 4 is 16.9 Å². The molecule has 2 atom stereocenters. The molecule has 4 rings (SSSR count). The van der Waals surface area contributed by atoms with Crippen LogP contribution in [-0.2, 0) is 0 Å². The summed E-state index contributed by atoms with van der Waals surface area (Å²) in [5, 5.41) is 7.81. The highest BCUT2D eigenvalue weighted by atomic mass is 19.1. The summed E-state index contributed by atoms with van der Waals surface area (Å²) in [6.07, 6.45) is 3.88. The van der Waals surface area contributed by atoms with Gasteiger partial charge in [-0.2, -0.15) is 5.10 Å². The fourth-order valence-corrected chi connectivity index (χ4v) is 3.57. The zero-order chi connectivity index (χ0) is 17.4. The highest BCUT2D eigenvalue weighted by Gasteiger charge is 2.30. The Kier molecular flexibility index (Phi) is 4.09. The van der Waals surface area contributed by atoms with Crippen LogP contribution in [0, 0.1) is 11.7 Å². The number of fused-ring (bicyclic) bond motifs is 1. The lowest BCUT2D eigenvalue weighted by atomic mass is 9.99. The van der Waals surface area contributed by atoms with Crippen molar-refractivity contribution in [2.75, 3.05) is 18.0 Å². The summed E-state index contributed by atoms with van der Waals surface area (Å²) in [5.74, 6) is 0.802. The standard InChI is InChI=1S/C18H21FN6/c1-2-4-11-9-25(10-14(11)20)15-7-6-13(19)17(22-15)16-12-5-3-8-21-18(12)24-23-16/h3,5-8,11,14H,2,4,9-10,20H2,1H3,(H,21,23,24)/t11-,14-/m1/s1. The molecule has 25 heavy (non-hydrogen) atoms. The van der Waals surface area contributed by atoms with E-state index in [1.165, 1.54) is 6.07 Å². The van der Waals surface area contributed by atoms with Crippen molar-refractivity contribution in [1.82, 2.24) is 20.2 Å². The summed E-state index contributed by atoms with van der Waals surface area (Å²) in [5.41, 5.74) is 7.60. The highest BCUT2D eigenvalue weighted by Crippen LogP contribution is 2.30. The molecule has 1 saturated heterocycles. The van der Waals surface area contributed by atoms with Gasteiger partial charge >= 0.3 is 0 Å². The van der Waals surface area contributed by atoms with Crippen molar-refractivity contribution < 1.29 is 4.39 Å². The van der Waals surface area contributed by atoms with E-state index in [0.29, 0.717) is 17.3 Å². The van der Waals surface area contributed by atoms with Gasteiger partial charge in [-0.25, -0.2) is 14.4 Å². The maximum atomic E-state index is 14.4. The van der Waals surface area contributed by atoms with E-state index in [1.54, 1.807) is 18.3 Å². The Morgan fingerprint density at radius 1 is 1.28 bits per heavy atom. The molecule has 0 aliphatic carbocycles. The van der Waals surface area contributed by atoms with Crippen LogP contribution >= 0.6 is 0 Å². The van der Waals surface area contributed by atoms with Gasteiger partial charge in [-0.1, -0.05) is 13.3 Å². The van der Waals surface area contributed by atoms with Gasteiger partial charge in [0.05, 0.1) is 0 Å². The molecule has 0 aromatic carbocycles. The van der Waals surface area contributed by atoms with Gasteiger partial charge in [0, 0.05) is 30.7 Å². The van der Waals surface area contributed by atoms with Crippen LogP contribution in [0.5, 0.6) is 0 Å². The molecule has 7 heteroatoms. The smallest absolute Gasteiger partial charge is 0.155 e. The van der Waals surface area contributed by atoms with Crippen molar-refractivity contribution in [2.45, 2.75) is 25.8 Å². The van der Waals surface area contributed by atoms with E-state index >= 15 is 0 Å². The van der Waals surface area contributed by atoms with Crippen LogP contribution in [0.1, 0.15) is 19.8 Å². The number of nitrogens with two attached hydrogens (primary N) is 1. The minimum absolute atomic E-state index is 0.130. The number of aromatic nitrogens is 4. The first-order valence-electron chi connectivity index (χ1n) is 8.64. The first-order chi connectivity index (χ1) is 12.2. The summed E-state index contributed by atoms with van der Waals surface area (Å²) in [4.78, 5) is 10.9. The summed E-state index contributed by atoms with van der Waals surface area (Å²) in [6, 6.07) is 6.96. The maximum absolute atomic E-state index is 14.4. The number of hydrogen-bond acceptors (Lipinski definition) is 5. The molecule has 1 aliphatic heterocycles. The lowest BCUT2D eigenvalue weighted by molar-refractivity contribution is 0.472. The topological polar surface area (TPSA) is 83.7 Å². The normalized spacial score (nSPS) is 20.5. The summed E-state index contributed by atoms with van der Waals surface area (Å²) >= 11 is 0.